The van der Waals surface area contributed by atoms with Crippen molar-refractivity contribution in [1.29, 1.82) is 5.26 Å². The van der Waals surface area contributed by atoms with Gasteiger partial charge in [0.2, 0.25) is 0 Å². The highest BCUT2D eigenvalue weighted by molar-refractivity contribution is 5.94. The molecular formula is C11H10F2N2O. The average Bonchev–Trinajstić information content (AvgIpc) is 2.25. The summed E-state index contributed by atoms with van der Waals surface area (Å²) in [4.78, 5) is 12.8. The van der Waals surface area contributed by atoms with Crippen LogP contribution in [0.5, 0.6) is 0 Å². The summed E-state index contributed by atoms with van der Waals surface area (Å²) >= 11 is 0. The second kappa shape index (κ2) is 5.21. The molecular weight excluding hydrogens is 214 g/mol. The molecule has 1 amide bonds. The van der Waals surface area contributed by atoms with E-state index in [2.05, 4.69) is 0 Å². The monoisotopic (exact) mass is 224 g/mol. The molecule has 0 atom stereocenters. The topological polar surface area (TPSA) is 44.1 Å². The zero-order valence-electron chi connectivity index (χ0n) is 8.70. The molecule has 0 bridgehead atoms. The molecule has 0 aromatic heterocycles. The summed E-state index contributed by atoms with van der Waals surface area (Å²) < 4.78 is 26.5. The molecule has 0 aliphatic rings. The summed E-state index contributed by atoms with van der Waals surface area (Å²) in [5.74, 6) is -2.64. The van der Waals surface area contributed by atoms with Gasteiger partial charge < -0.3 is 4.90 Å². The molecule has 0 fully saturated rings. The Morgan fingerprint density at radius 3 is 2.44 bits per heavy atom. The first-order valence-corrected chi connectivity index (χ1v) is 4.72. The number of carbonyl (C=O) groups excluding carboxylic acids is 1. The van der Waals surface area contributed by atoms with Gasteiger partial charge >= 0.3 is 0 Å². The molecule has 0 aliphatic carbocycles. The van der Waals surface area contributed by atoms with Crippen molar-refractivity contribution >= 4 is 5.91 Å². The summed E-state index contributed by atoms with van der Waals surface area (Å²) in [6.07, 6.45) is 0. The normalized spacial score (nSPS) is 9.62. The van der Waals surface area contributed by atoms with Crippen molar-refractivity contribution in [2.45, 2.75) is 6.92 Å². The van der Waals surface area contributed by atoms with E-state index in [0.717, 1.165) is 17.0 Å². The first kappa shape index (κ1) is 12.1. The Kier molecular flexibility index (Phi) is 3.95. The summed E-state index contributed by atoms with van der Waals surface area (Å²) in [6, 6.07) is 4.97. The van der Waals surface area contributed by atoms with Crippen LogP contribution in [0.3, 0.4) is 0 Å². The summed E-state index contributed by atoms with van der Waals surface area (Å²) in [5, 5.41) is 8.47. The van der Waals surface area contributed by atoms with Gasteiger partial charge in [0.25, 0.3) is 5.91 Å². The number of benzene rings is 1. The van der Waals surface area contributed by atoms with Crippen molar-refractivity contribution in [3.8, 4) is 6.07 Å². The molecule has 0 unspecified atom stereocenters. The van der Waals surface area contributed by atoms with Gasteiger partial charge in [-0.25, -0.2) is 8.78 Å². The predicted molar refractivity (Wildman–Crippen MR) is 53.5 cm³/mol. The van der Waals surface area contributed by atoms with Gasteiger partial charge in [-0.15, -0.1) is 0 Å². The Morgan fingerprint density at radius 1 is 1.44 bits per heavy atom. The third-order valence-electron chi connectivity index (χ3n) is 2.11. The highest BCUT2D eigenvalue weighted by Crippen LogP contribution is 2.14. The second-order valence-electron chi connectivity index (χ2n) is 3.07. The first-order chi connectivity index (χ1) is 7.61. The minimum absolute atomic E-state index is 0.191. The van der Waals surface area contributed by atoms with E-state index < -0.39 is 23.1 Å². The van der Waals surface area contributed by atoms with Gasteiger partial charge in [0, 0.05) is 6.54 Å². The van der Waals surface area contributed by atoms with Crippen molar-refractivity contribution in [3.63, 3.8) is 0 Å². The van der Waals surface area contributed by atoms with Crippen LogP contribution in [0.15, 0.2) is 18.2 Å². The highest BCUT2D eigenvalue weighted by Gasteiger charge is 2.21. The number of nitrogens with zero attached hydrogens (tertiary/aromatic N) is 2. The third kappa shape index (κ3) is 2.34. The lowest BCUT2D eigenvalue weighted by Gasteiger charge is -2.17. The average molecular weight is 224 g/mol. The largest absolute Gasteiger partial charge is 0.325 e. The van der Waals surface area contributed by atoms with E-state index in [1.54, 1.807) is 13.0 Å². The van der Waals surface area contributed by atoms with E-state index in [9.17, 15) is 13.6 Å². The number of rotatable bonds is 3. The molecule has 0 heterocycles. The number of nitriles is 1. The van der Waals surface area contributed by atoms with Gasteiger partial charge in [-0.2, -0.15) is 5.26 Å². The fourth-order valence-electron chi connectivity index (χ4n) is 1.27. The Bertz CT molecular complexity index is 420. The van der Waals surface area contributed by atoms with Crippen LogP contribution in [0.1, 0.15) is 17.3 Å². The lowest BCUT2D eigenvalue weighted by Crippen LogP contribution is -2.32. The van der Waals surface area contributed by atoms with E-state index in [-0.39, 0.29) is 13.1 Å². The second-order valence-corrected chi connectivity index (χ2v) is 3.07. The predicted octanol–water partition coefficient (Wildman–Crippen LogP) is 1.95. The molecule has 5 heteroatoms. The Labute approximate surface area is 91.9 Å². The standard InChI is InChI=1S/C11H10F2N2O/c1-2-15(7-6-14)11(16)10-8(12)4-3-5-9(10)13/h3-5H,2,7H2,1H3. The molecule has 16 heavy (non-hydrogen) atoms. The SMILES string of the molecule is CCN(CC#N)C(=O)c1c(F)cccc1F. The van der Waals surface area contributed by atoms with Gasteiger partial charge in [-0.1, -0.05) is 6.07 Å². The lowest BCUT2D eigenvalue weighted by atomic mass is 10.1. The van der Waals surface area contributed by atoms with Crippen molar-refractivity contribution in [2.24, 2.45) is 0 Å². The highest BCUT2D eigenvalue weighted by atomic mass is 19.1. The van der Waals surface area contributed by atoms with Crippen molar-refractivity contribution < 1.29 is 13.6 Å². The van der Waals surface area contributed by atoms with E-state index in [1.165, 1.54) is 6.07 Å². The third-order valence-corrected chi connectivity index (χ3v) is 2.11. The van der Waals surface area contributed by atoms with Gasteiger partial charge in [0.05, 0.1) is 6.07 Å². The van der Waals surface area contributed by atoms with Gasteiger partial charge in [0.1, 0.15) is 23.7 Å². The van der Waals surface area contributed by atoms with E-state index in [1.807, 2.05) is 0 Å². The maximum atomic E-state index is 13.3. The number of amides is 1. The Hall–Kier alpha value is -1.96. The van der Waals surface area contributed by atoms with E-state index in [4.69, 9.17) is 5.26 Å². The summed E-state index contributed by atoms with van der Waals surface area (Å²) in [5.41, 5.74) is -0.611. The van der Waals surface area contributed by atoms with Crippen LogP contribution in [-0.4, -0.2) is 23.9 Å². The van der Waals surface area contributed by atoms with Gasteiger partial charge in [-0.05, 0) is 19.1 Å². The van der Waals surface area contributed by atoms with Crippen molar-refractivity contribution in [1.82, 2.24) is 4.90 Å². The molecule has 0 saturated heterocycles. The Morgan fingerprint density at radius 2 is 2.00 bits per heavy atom. The van der Waals surface area contributed by atoms with Crippen LogP contribution < -0.4 is 0 Å². The molecule has 0 aliphatic heterocycles. The fourth-order valence-corrected chi connectivity index (χ4v) is 1.27. The zero-order chi connectivity index (χ0) is 12.1. The number of halogens is 2. The van der Waals surface area contributed by atoms with Gasteiger partial charge in [0.15, 0.2) is 0 Å². The Balaban J connectivity index is 3.09. The fraction of sp³-hybridized carbons (Fsp3) is 0.273. The summed E-state index contributed by atoms with van der Waals surface area (Å²) in [6.45, 7) is 1.66. The molecule has 84 valence electrons. The number of hydrogen-bond acceptors (Lipinski definition) is 2. The molecule has 1 rings (SSSR count). The zero-order valence-corrected chi connectivity index (χ0v) is 8.70. The smallest absolute Gasteiger partial charge is 0.260 e. The molecule has 0 saturated carbocycles. The van der Waals surface area contributed by atoms with Crippen LogP contribution in [-0.2, 0) is 0 Å². The quantitative estimate of drug-likeness (QED) is 0.736. The minimum Gasteiger partial charge on any atom is -0.325 e. The molecule has 1 aromatic rings. The van der Waals surface area contributed by atoms with Crippen LogP contribution in [0.2, 0.25) is 0 Å². The van der Waals surface area contributed by atoms with Crippen LogP contribution in [0, 0.1) is 23.0 Å². The van der Waals surface area contributed by atoms with Crippen LogP contribution >= 0.6 is 0 Å². The van der Waals surface area contributed by atoms with Crippen molar-refractivity contribution in [2.75, 3.05) is 13.1 Å². The molecule has 1 aromatic carbocycles. The van der Waals surface area contributed by atoms with Crippen molar-refractivity contribution in [3.05, 3.63) is 35.4 Å². The summed E-state index contributed by atoms with van der Waals surface area (Å²) in [7, 11) is 0. The molecule has 0 radical (unpaired) electrons. The van der Waals surface area contributed by atoms with Gasteiger partial charge in [-0.3, -0.25) is 4.79 Å². The van der Waals surface area contributed by atoms with Crippen LogP contribution in [0.25, 0.3) is 0 Å². The maximum absolute atomic E-state index is 13.3. The maximum Gasteiger partial charge on any atom is 0.260 e. The molecule has 0 N–H and O–H groups in total. The molecule has 0 spiro atoms. The lowest BCUT2D eigenvalue weighted by molar-refractivity contribution is 0.0774. The molecule has 3 nitrogen and oxygen atoms in total. The first-order valence-electron chi connectivity index (χ1n) is 4.72. The van der Waals surface area contributed by atoms with Crippen LogP contribution in [0.4, 0.5) is 8.78 Å². The number of hydrogen-bond donors (Lipinski definition) is 0. The minimum atomic E-state index is -0.915. The number of carbonyl (C=O) groups is 1. The van der Waals surface area contributed by atoms with E-state index >= 15 is 0 Å². The van der Waals surface area contributed by atoms with E-state index in [0.29, 0.717) is 0 Å².